The van der Waals surface area contributed by atoms with E-state index in [1.54, 1.807) is 12.1 Å². The molecule has 1 unspecified atom stereocenters. The first-order chi connectivity index (χ1) is 18.3. The van der Waals surface area contributed by atoms with Crippen LogP contribution >= 0.6 is 0 Å². The molecule has 2 rings (SSSR count). The highest BCUT2D eigenvalue weighted by Gasteiger charge is 2.28. The molecule has 0 aliphatic heterocycles. The van der Waals surface area contributed by atoms with E-state index in [-0.39, 0.29) is 36.6 Å². The van der Waals surface area contributed by atoms with Crippen LogP contribution in [0.25, 0.3) is 0 Å². The Balaban J connectivity index is 2.04. The Morgan fingerprint density at radius 1 is 0.846 bits per heavy atom. The summed E-state index contributed by atoms with van der Waals surface area (Å²) < 4.78 is 27.7. The molecule has 0 aliphatic rings. The number of ether oxygens (including phenoxy) is 1. The van der Waals surface area contributed by atoms with E-state index in [1.165, 1.54) is 36.4 Å². The van der Waals surface area contributed by atoms with Crippen molar-refractivity contribution in [2.45, 2.75) is 36.3 Å². The molecule has 0 aliphatic carbocycles. The Labute approximate surface area is 222 Å². The number of Topliss-reactive ketones (excluding diaryl/α,β-unsaturated/α-hetero) is 1. The predicted octanol–water partition coefficient (Wildman–Crippen LogP) is -0.846. The smallest absolute Gasteiger partial charge is 0.372 e. The van der Waals surface area contributed by atoms with Gasteiger partial charge in [-0.3, -0.25) is 9.59 Å². The molecule has 1 amide bonds. The lowest BCUT2D eigenvalue weighted by Crippen LogP contribution is -2.46. The molecule has 2 aromatic rings. The number of carbonyl (C=O) groups excluding carboxylic acids is 2. The Kier molecular flexibility index (Phi) is 11.1. The summed E-state index contributed by atoms with van der Waals surface area (Å²) in [5.41, 5.74) is 1.30. The van der Waals surface area contributed by atoms with Gasteiger partial charge in [0.25, 0.3) is 6.10 Å². The van der Waals surface area contributed by atoms with Crippen molar-refractivity contribution in [3.63, 3.8) is 0 Å². The van der Waals surface area contributed by atoms with Gasteiger partial charge in [0.2, 0.25) is 21.7 Å². The molecule has 39 heavy (non-hydrogen) atoms. The van der Waals surface area contributed by atoms with Crippen LogP contribution in [0.3, 0.4) is 0 Å². The number of rotatable bonds is 16. The first kappa shape index (κ1) is 30.9. The Bertz CT molecular complexity index is 1300. The zero-order valence-corrected chi connectivity index (χ0v) is 21.2. The highest BCUT2D eigenvalue weighted by molar-refractivity contribution is 7.89. The van der Waals surface area contributed by atoms with E-state index in [1.807, 2.05) is 0 Å². The van der Waals surface area contributed by atoms with Crippen LogP contribution in [-0.2, 0) is 46.8 Å². The summed E-state index contributed by atoms with van der Waals surface area (Å²) in [6.45, 7) is 0.0800. The minimum absolute atomic E-state index is 0.0250. The highest BCUT2D eigenvalue weighted by Crippen LogP contribution is 2.16. The number of aliphatic carboxylic acids is 3. The van der Waals surface area contributed by atoms with Crippen LogP contribution < -0.4 is 20.5 Å². The van der Waals surface area contributed by atoms with Gasteiger partial charge in [-0.1, -0.05) is 24.3 Å². The maximum atomic E-state index is 12.9. The van der Waals surface area contributed by atoms with Gasteiger partial charge in [0.15, 0.2) is 0 Å². The second-order valence-corrected chi connectivity index (χ2v) is 9.80. The van der Waals surface area contributed by atoms with E-state index in [4.69, 9.17) is 25.2 Å². The van der Waals surface area contributed by atoms with Crippen molar-refractivity contribution in [1.29, 1.82) is 0 Å². The van der Waals surface area contributed by atoms with Crippen LogP contribution in [0, 0.1) is 0 Å². The Morgan fingerprint density at radius 2 is 1.41 bits per heavy atom. The van der Waals surface area contributed by atoms with Gasteiger partial charge in [-0.25, -0.2) is 27.9 Å². The normalized spacial score (nSPS) is 11.9. The molecule has 0 bridgehead atoms. The van der Waals surface area contributed by atoms with Crippen molar-refractivity contribution < 1.29 is 52.4 Å². The van der Waals surface area contributed by atoms with Crippen molar-refractivity contribution in [3.8, 4) is 5.75 Å². The molecule has 0 aromatic heterocycles. The van der Waals surface area contributed by atoms with E-state index in [0.29, 0.717) is 12.0 Å². The summed E-state index contributed by atoms with van der Waals surface area (Å²) in [6.07, 6.45) is -2.01. The van der Waals surface area contributed by atoms with E-state index >= 15 is 0 Å². The lowest BCUT2D eigenvalue weighted by molar-refractivity contribution is -0.159. The SMILES string of the molecule is NS(=O)(=O)c1ccc(CCNC(=O)C(Cc2ccc(OC(C(=O)O)C(=O)O)cc2)NCCC(=O)C(=O)O)cc1. The number of hydrogen-bond donors (Lipinski definition) is 6. The number of amides is 1. The van der Waals surface area contributed by atoms with Crippen LogP contribution in [0.4, 0.5) is 0 Å². The van der Waals surface area contributed by atoms with Crippen molar-refractivity contribution in [1.82, 2.24) is 10.6 Å². The molecule has 210 valence electrons. The molecule has 0 spiro atoms. The van der Waals surface area contributed by atoms with Crippen LogP contribution in [0.5, 0.6) is 5.75 Å². The molecular formula is C24H27N3O11S. The van der Waals surface area contributed by atoms with E-state index < -0.39 is 51.8 Å². The number of carboxylic acid groups (broad SMARTS) is 3. The quantitative estimate of drug-likeness (QED) is 0.108. The largest absolute Gasteiger partial charge is 0.478 e. The number of ketones is 1. The summed E-state index contributed by atoms with van der Waals surface area (Å²) in [6, 6.07) is 10.6. The average molecular weight is 566 g/mol. The van der Waals surface area contributed by atoms with Gasteiger partial charge in [-0.2, -0.15) is 0 Å². The predicted molar refractivity (Wildman–Crippen MR) is 133 cm³/mol. The molecule has 14 nitrogen and oxygen atoms in total. The molecule has 15 heteroatoms. The summed E-state index contributed by atoms with van der Waals surface area (Å²) in [5.74, 6) is -6.47. The van der Waals surface area contributed by atoms with Crippen LogP contribution in [0.2, 0.25) is 0 Å². The second kappa shape index (κ2) is 14.0. The van der Waals surface area contributed by atoms with Gasteiger partial charge in [0.1, 0.15) is 5.75 Å². The second-order valence-electron chi connectivity index (χ2n) is 8.24. The van der Waals surface area contributed by atoms with Crippen LogP contribution in [0.1, 0.15) is 17.5 Å². The molecule has 2 aromatic carbocycles. The third-order valence-electron chi connectivity index (χ3n) is 5.33. The number of carbonyl (C=O) groups is 5. The summed E-state index contributed by atoms with van der Waals surface area (Å²) in [7, 11) is -3.83. The minimum atomic E-state index is -3.83. The minimum Gasteiger partial charge on any atom is -0.478 e. The third-order valence-corrected chi connectivity index (χ3v) is 6.26. The zero-order chi connectivity index (χ0) is 29.2. The molecule has 0 saturated heterocycles. The number of hydrogen-bond acceptors (Lipinski definition) is 9. The first-order valence-electron chi connectivity index (χ1n) is 11.4. The fraction of sp³-hybridized carbons (Fsp3) is 0.292. The number of nitrogens with one attached hydrogen (secondary N) is 2. The van der Waals surface area contributed by atoms with Crippen molar-refractivity contribution in [2.24, 2.45) is 5.14 Å². The van der Waals surface area contributed by atoms with Gasteiger partial charge in [0, 0.05) is 19.5 Å². The fourth-order valence-corrected chi connectivity index (χ4v) is 3.82. The zero-order valence-electron chi connectivity index (χ0n) is 20.4. The monoisotopic (exact) mass is 565 g/mol. The number of carboxylic acids is 3. The maximum absolute atomic E-state index is 12.9. The van der Waals surface area contributed by atoms with E-state index in [0.717, 1.165) is 5.56 Å². The molecular weight excluding hydrogens is 538 g/mol. The number of benzene rings is 2. The van der Waals surface area contributed by atoms with Gasteiger partial charge in [0.05, 0.1) is 10.9 Å². The van der Waals surface area contributed by atoms with E-state index in [9.17, 15) is 32.4 Å². The van der Waals surface area contributed by atoms with Gasteiger partial charge < -0.3 is 30.7 Å². The topological polar surface area (TPSA) is 239 Å². The summed E-state index contributed by atoms with van der Waals surface area (Å²) in [5, 5.41) is 37.3. The fourth-order valence-electron chi connectivity index (χ4n) is 3.31. The highest BCUT2D eigenvalue weighted by atomic mass is 32.2. The molecule has 0 radical (unpaired) electrons. The van der Waals surface area contributed by atoms with Gasteiger partial charge in [-0.15, -0.1) is 0 Å². The number of sulfonamides is 1. The Morgan fingerprint density at radius 3 is 1.92 bits per heavy atom. The lowest BCUT2D eigenvalue weighted by atomic mass is 10.0. The number of primary sulfonamides is 1. The van der Waals surface area contributed by atoms with Crippen molar-refractivity contribution >= 4 is 39.6 Å². The molecule has 0 heterocycles. The summed E-state index contributed by atoms with van der Waals surface area (Å²) >= 11 is 0. The van der Waals surface area contributed by atoms with Gasteiger partial charge in [-0.05, 0) is 48.2 Å². The van der Waals surface area contributed by atoms with Crippen molar-refractivity contribution in [3.05, 3.63) is 59.7 Å². The van der Waals surface area contributed by atoms with Gasteiger partial charge >= 0.3 is 17.9 Å². The van der Waals surface area contributed by atoms with E-state index in [2.05, 4.69) is 10.6 Å². The Hall–Kier alpha value is -4.34. The summed E-state index contributed by atoms with van der Waals surface area (Å²) in [4.78, 5) is 57.0. The lowest BCUT2D eigenvalue weighted by Gasteiger charge is -2.19. The number of nitrogens with two attached hydrogens (primary N) is 1. The van der Waals surface area contributed by atoms with Crippen molar-refractivity contribution in [2.75, 3.05) is 13.1 Å². The molecule has 0 fully saturated rings. The first-order valence-corrected chi connectivity index (χ1v) is 12.9. The molecule has 1 atom stereocenters. The molecule has 7 N–H and O–H groups in total. The van der Waals surface area contributed by atoms with Crippen LogP contribution in [0.15, 0.2) is 53.4 Å². The third kappa shape index (κ3) is 10.1. The van der Waals surface area contributed by atoms with Crippen LogP contribution in [-0.4, -0.2) is 78.6 Å². The molecule has 0 saturated carbocycles. The maximum Gasteiger partial charge on any atom is 0.372 e. The standard InChI is InChI=1S/C24H27N3O11S/c25-39(36,37)17-7-3-14(4-8-17)9-11-27-21(29)18(26-12-10-19(28)22(30)31)13-15-1-5-16(6-2-15)38-20(23(32)33)24(34)35/h1-8,18,20,26H,9-13H2,(H,27,29)(H,30,31)(H,32,33)(H,34,35)(H2,25,36,37). The average Bonchev–Trinajstić information content (AvgIpc) is 2.86.